The average molecular weight is 602 g/mol. The zero-order valence-electron chi connectivity index (χ0n) is 25.4. The molecule has 2 bridgehead atoms. The minimum Gasteiger partial charge on any atom is -0.394 e. The highest BCUT2D eigenvalue weighted by Crippen LogP contribution is 2.72. The second-order valence-corrected chi connectivity index (χ2v) is 14.3. The molecule has 3 fully saturated rings. The van der Waals surface area contributed by atoms with Crippen molar-refractivity contribution in [3.8, 4) is 0 Å². The fraction of sp³-hybridized carbons (Fsp3) is 0.457. The van der Waals surface area contributed by atoms with Crippen LogP contribution in [-0.2, 0) is 20.9 Å². The molecule has 3 heterocycles. The van der Waals surface area contributed by atoms with Crippen LogP contribution in [0.4, 0.5) is 0 Å². The predicted molar refractivity (Wildman–Crippen MR) is 171 cm³/mol. The number of fused-ring (bicyclic) bond motifs is 1. The Morgan fingerprint density at radius 3 is 2.23 bits per heavy atom. The van der Waals surface area contributed by atoms with Gasteiger partial charge in [0.25, 0.3) is 0 Å². The fourth-order valence-corrected chi connectivity index (χ4v) is 9.95. The summed E-state index contributed by atoms with van der Waals surface area (Å²) in [6.07, 6.45) is 4.80. The number of thioether (sulfide) groups is 1. The third-order valence-corrected chi connectivity index (χ3v) is 11.5. The van der Waals surface area contributed by atoms with E-state index < -0.39 is 33.4 Å². The van der Waals surface area contributed by atoms with Crippen LogP contribution in [-0.4, -0.2) is 78.8 Å². The number of likely N-dealkylation sites (tertiary alicyclic amines) is 1. The number of amides is 3. The first-order valence-electron chi connectivity index (χ1n) is 15.2. The van der Waals surface area contributed by atoms with Gasteiger partial charge in [0.2, 0.25) is 17.7 Å². The van der Waals surface area contributed by atoms with E-state index in [1.165, 1.54) is 0 Å². The summed E-state index contributed by atoms with van der Waals surface area (Å²) in [6, 6.07) is 17.6. The molecule has 3 aliphatic heterocycles. The second kappa shape index (κ2) is 12.3. The van der Waals surface area contributed by atoms with Gasteiger partial charge in [-0.25, -0.2) is 0 Å². The quantitative estimate of drug-likeness (QED) is 0.352. The largest absolute Gasteiger partial charge is 0.394 e. The van der Waals surface area contributed by atoms with E-state index >= 15 is 0 Å². The minimum absolute atomic E-state index is 0.0845. The van der Waals surface area contributed by atoms with Crippen LogP contribution in [0, 0.1) is 11.8 Å². The van der Waals surface area contributed by atoms with Crippen LogP contribution in [0.5, 0.6) is 0 Å². The van der Waals surface area contributed by atoms with Gasteiger partial charge in [0, 0.05) is 30.4 Å². The lowest BCUT2D eigenvalue weighted by Crippen LogP contribution is -2.57. The van der Waals surface area contributed by atoms with E-state index in [-0.39, 0.29) is 30.4 Å². The Kier molecular flexibility index (Phi) is 8.91. The maximum absolute atomic E-state index is 14.8. The molecular formula is C35H43N3O4S. The second-order valence-electron chi connectivity index (χ2n) is 12.4. The molecule has 2 unspecified atom stereocenters. The minimum atomic E-state index is -0.823. The van der Waals surface area contributed by atoms with Crippen molar-refractivity contribution >= 4 is 29.5 Å². The maximum Gasteiger partial charge on any atom is 0.247 e. The average Bonchev–Trinajstić information content (AvgIpc) is 3.57. The number of benzene rings is 2. The Labute approximate surface area is 259 Å². The summed E-state index contributed by atoms with van der Waals surface area (Å²) in [5.41, 5.74) is 1.76. The molecule has 3 amide bonds. The van der Waals surface area contributed by atoms with Crippen molar-refractivity contribution in [3.05, 3.63) is 97.1 Å². The van der Waals surface area contributed by atoms with Crippen LogP contribution in [0.25, 0.3) is 0 Å². The highest BCUT2D eigenvalue weighted by Gasteiger charge is 2.78. The monoisotopic (exact) mass is 601 g/mol. The molecule has 3 saturated heterocycles. The van der Waals surface area contributed by atoms with Crippen molar-refractivity contribution in [2.45, 2.75) is 67.8 Å². The number of carbonyl (C=O) groups is 3. The Balaban J connectivity index is 1.62. The van der Waals surface area contributed by atoms with E-state index in [0.717, 1.165) is 17.5 Å². The van der Waals surface area contributed by atoms with Crippen LogP contribution >= 0.6 is 11.8 Å². The third-order valence-electron chi connectivity index (χ3n) is 9.52. The number of aliphatic hydroxyl groups excluding tert-OH is 1. The first kappa shape index (κ1) is 31.1. The van der Waals surface area contributed by atoms with E-state index in [4.69, 9.17) is 0 Å². The molecule has 1 N–H and O–H groups in total. The van der Waals surface area contributed by atoms with Crippen molar-refractivity contribution < 1.29 is 19.5 Å². The van der Waals surface area contributed by atoms with Crippen LogP contribution in [0.1, 0.15) is 50.8 Å². The predicted octanol–water partition coefficient (Wildman–Crippen LogP) is 4.84. The smallest absolute Gasteiger partial charge is 0.247 e. The zero-order valence-corrected chi connectivity index (χ0v) is 26.2. The van der Waals surface area contributed by atoms with Crippen LogP contribution in [0.2, 0.25) is 0 Å². The summed E-state index contributed by atoms with van der Waals surface area (Å²) in [7, 11) is 0. The summed E-state index contributed by atoms with van der Waals surface area (Å²) >= 11 is 1.65. The Hall–Kier alpha value is -3.36. The van der Waals surface area contributed by atoms with Gasteiger partial charge in [-0.05, 0) is 44.7 Å². The lowest BCUT2D eigenvalue weighted by molar-refractivity contribution is -0.148. The maximum atomic E-state index is 14.8. The Morgan fingerprint density at radius 2 is 1.65 bits per heavy atom. The Bertz CT molecular complexity index is 1370. The standard InChI is InChI=1S/C35H43N3O4S/c1-6-20-36(22-25-14-10-8-11-15-25)31(40)28-29-32(41)38(27(23-39)26-16-12-9-13-17-26)30(33(42)37(21-7-2)24(3)4)35(29)19-18-34(28,5)43-35/h6-17,24,27-30,39H,1-2,18-23H2,3-5H3/t27-,28-,29+,30?,34+,35?/m1/s1. The molecule has 228 valence electrons. The third kappa shape index (κ3) is 5.22. The molecule has 2 aromatic rings. The van der Waals surface area contributed by atoms with E-state index in [2.05, 4.69) is 20.1 Å². The molecule has 0 aromatic heterocycles. The lowest BCUT2D eigenvalue weighted by Gasteiger charge is -2.40. The van der Waals surface area contributed by atoms with Crippen molar-refractivity contribution in [1.29, 1.82) is 0 Å². The molecule has 43 heavy (non-hydrogen) atoms. The van der Waals surface area contributed by atoms with Gasteiger partial charge < -0.3 is 19.8 Å². The topological polar surface area (TPSA) is 81.2 Å². The van der Waals surface area contributed by atoms with Crippen LogP contribution < -0.4 is 0 Å². The van der Waals surface area contributed by atoms with Gasteiger partial charge in [0.1, 0.15) is 6.04 Å². The molecule has 0 aliphatic carbocycles. The number of nitrogens with zero attached hydrogens (tertiary/aromatic N) is 3. The van der Waals surface area contributed by atoms with Crippen molar-refractivity contribution in [2.24, 2.45) is 11.8 Å². The number of rotatable bonds is 12. The van der Waals surface area contributed by atoms with E-state index in [9.17, 15) is 19.5 Å². The normalized spacial score (nSPS) is 28.1. The molecule has 5 rings (SSSR count). The van der Waals surface area contributed by atoms with E-state index in [1.807, 2.05) is 74.5 Å². The van der Waals surface area contributed by atoms with Gasteiger partial charge in [-0.15, -0.1) is 24.9 Å². The van der Waals surface area contributed by atoms with Crippen molar-refractivity contribution in [2.75, 3.05) is 19.7 Å². The molecule has 2 aromatic carbocycles. The number of hydrogen-bond donors (Lipinski definition) is 1. The first-order valence-corrected chi connectivity index (χ1v) is 16.0. The van der Waals surface area contributed by atoms with Gasteiger partial charge in [-0.3, -0.25) is 14.4 Å². The van der Waals surface area contributed by atoms with Gasteiger partial charge in [-0.2, -0.15) is 0 Å². The molecule has 6 atom stereocenters. The van der Waals surface area contributed by atoms with Crippen LogP contribution in [0.15, 0.2) is 86.0 Å². The summed E-state index contributed by atoms with van der Waals surface area (Å²) in [5, 5.41) is 10.8. The van der Waals surface area contributed by atoms with Crippen molar-refractivity contribution in [1.82, 2.24) is 14.7 Å². The SMILES string of the molecule is C=CCN(Cc1ccccc1)C(=O)[C@H]1[C@H]2C(=O)N([C@H](CO)c3ccccc3)C(C(=O)N(CC=C)C(C)C)C23CC[C@]1(C)S3. The number of aliphatic hydroxyl groups is 1. The summed E-state index contributed by atoms with van der Waals surface area (Å²) < 4.78 is -1.28. The molecule has 7 nitrogen and oxygen atoms in total. The van der Waals surface area contributed by atoms with Gasteiger partial charge >= 0.3 is 0 Å². The highest BCUT2D eigenvalue weighted by molar-refractivity contribution is 8.02. The molecule has 3 aliphatic rings. The molecule has 1 spiro atoms. The molecule has 0 saturated carbocycles. The van der Waals surface area contributed by atoms with E-state index in [1.54, 1.807) is 38.6 Å². The highest BCUT2D eigenvalue weighted by atomic mass is 32.2. The fourth-order valence-electron chi connectivity index (χ4n) is 7.62. The Morgan fingerprint density at radius 1 is 1.02 bits per heavy atom. The van der Waals surface area contributed by atoms with Gasteiger partial charge in [-0.1, -0.05) is 72.8 Å². The lowest BCUT2D eigenvalue weighted by atomic mass is 9.66. The summed E-state index contributed by atoms with van der Waals surface area (Å²) in [5.74, 6) is -1.76. The van der Waals surface area contributed by atoms with Crippen LogP contribution in [0.3, 0.4) is 0 Å². The molecular weight excluding hydrogens is 558 g/mol. The molecule has 8 heteroatoms. The summed E-state index contributed by atoms with van der Waals surface area (Å²) in [4.78, 5) is 49.3. The van der Waals surface area contributed by atoms with Gasteiger partial charge in [0.15, 0.2) is 0 Å². The number of carbonyl (C=O) groups excluding carboxylic acids is 3. The van der Waals surface area contributed by atoms with Crippen molar-refractivity contribution in [3.63, 3.8) is 0 Å². The first-order chi connectivity index (χ1) is 20.6. The van der Waals surface area contributed by atoms with E-state index in [0.29, 0.717) is 26.1 Å². The summed E-state index contributed by atoms with van der Waals surface area (Å²) in [6.45, 7) is 14.6. The zero-order chi connectivity index (χ0) is 30.9. The number of hydrogen-bond acceptors (Lipinski definition) is 5. The van der Waals surface area contributed by atoms with Gasteiger partial charge in [0.05, 0.1) is 29.2 Å². The molecule has 0 radical (unpaired) electrons.